The number of hydrogen-bond donors (Lipinski definition) is 1. The third-order valence-electron chi connectivity index (χ3n) is 3.10. The summed E-state index contributed by atoms with van der Waals surface area (Å²) in [6, 6.07) is 8.97. The summed E-state index contributed by atoms with van der Waals surface area (Å²) in [5.41, 5.74) is 2.63. The molecule has 4 heteroatoms. The highest BCUT2D eigenvalue weighted by atomic mass is 79.9. The molecule has 2 rings (SSSR count). The molecule has 1 heterocycles. The van der Waals surface area contributed by atoms with Crippen LogP contribution in [0.15, 0.2) is 41.1 Å². The van der Waals surface area contributed by atoms with E-state index in [0.717, 1.165) is 23.9 Å². The molecule has 2 aromatic rings. The number of nitrogens with zero attached hydrogens (tertiary/aromatic N) is 2. The lowest BCUT2D eigenvalue weighted by Crippen LogP contribution is -2.32. The van der Waals surface area contributed by atoms with Crippen LogP contribution in [-0.2, 0) is 19.9 Å². The van der Waals surface area contributed by atoms with Crippen molar-refractivity contribution in [2.75, 3.05) is 6.54 Å². The number of aromatic nitrogens is 2. The molecule has 0 aliphatic rings. The third kappa shape index (κ3) is 4.48. The Kier molecular flexibility index (Phi) is 5.16. The van der Waals surface area contributed by atoms with Crippen molar-refractivity contribution in [3.63, 3.8) is 0 Å². The molecule has 0 aliphatic carbocycles. The Balaban J connectivity index is 2.03. The SMILES string of the molecule is CCNC(Cc1cccc(Br)c1)Cc1cnn(C)c1. The Labute approximate surface area is 123 Å². The van der Waals surface area contributed by atoms with Crippen LogP contribution in [0.2, 0.25) is 0 Å². The van der Waals surface area contributed by atoms with E-state index in [1.165, 1.54) is 11.1 Å². The van der Waals surface area contributed by atoms with E-state index in [0.29, 0.717) is 6.04 Å². The third-order valence-corrected chi connectivity index (χ3v) is 3.60. The fourth-order valence-electron chi connectivity index (χ4n) is 2.32. The quantitative estimate of drug-likeness (QED) is 0.886. The number of benzene rings is 1. The second-order valence-corrected chi connectivity index (χ2v) is 5.73. The van der Waals surface area contributed by atoms with Crippen molar-refractivity contribution in [1.29, 1.82) is 0 Å². The van der Waals surface area contributed by atoms with E-state index in [1.807, 2.05) is 17.9 Å². The van der Waals surface area contributed by atoms with Gasteiger partial charge in [0, 0.05) is 23.8 Å². The Hall–Kier alpha value is -1.13. The predicted octanol–water partition coefficient (Wildman–Crippen LogP) is 2.95. The van der Waals surface area contributed by atoms with Gasteiger partial charge in [0.05, 0.1) is 6.20 Å². The number of hydrogen-bond acceptors (Lipinski definition) is 2. The number of aryl methyl sites for hydroxylation is 1. The number of rotatable bonds is 6. The maximum Gasteiger partial charge on any atom is 0.0522 e. The summed E-state index contributed by atoms with van der Waals surface area (Å²) in [7, 11) is 1.96. The zero-order valence-electron chi connectivity index (χ0n) is 11.4. The first-order valence-electron chi connectivity index (χ1n) is 6.62. The zero-order valence-corrected chi connectivity index (χ0v) is 13.0. The van der Waals surface area contributed by atoms with Crippen molar-refractivity contribution in [1.82, 2.24) is 15.1 Å². The molecule has 3 nitrogen and oxygen atoms in total. The number of likely N-dealkylation sites (N-methyl/N-ethyl adjacent to an activating group) is 1. The molecular weight excluding hydrogens is 302 g/mol. The molecule has 0 amide bonds. The maximum atomic E-state index is 4.23. The summed E-state index contributed by atoms with van der Waals surface area (Å²) in [4.78, 5) is 0. The van der Waals surface area contributed by atoms with E-state index in [2.05, 4.69) is 63.7 Å². The number of halogens is 1. The van der Waals surface area contributed by atoms with Gasteiger partial charge in [0.2, 0.25) is 0 Å². The van der Waals surface area contributed by atoms with Gasteiger partial charge in [0.15, 0.2) is 0 Å². The van der Waals surface area contributed by atoms with E-state index in [-0.39, 0.29) is 0 Å². The maximum absolute atomic E-state index is 4.23. The molecule has 0 aliphatic heterocycles. The molecule has 0 saturated carbocycles. The van der Waals surface area contributed by atoms with Crippen LogP contribution >= 0.6 is 15.9 Å². The summed E-state index contributed by atoms with van der Waals surface area (Å²) in [6.07, 6.45) is 6.08. The van der Waals surface area contributed by atoms with Crippen molar-refractivity contribution in [3.8, 4) is 0 Å². The highest BCUT2D eigenvalue weighted by Crippen LogP contribution is 2.14. The fraction of sp³-hybridized carbons (Fsp3) is 0.400. The fourth-order valence-corrected chi connectivity index (χ4v) is 2.76. The zero-order chi connectivity index (χ0) is 13.7. The lowest BCUT2D eigenvalue weighted by Gasteiger charge is -2.17. The van der Waals surface area contributed by atoms with Crippen molar-refractivity contribution in [2.24, 2.45) is 7.05 Å². The molecule has 0 saturated heterocycles. The first-order valence-corrected chi connectivity index (χ1v) is 7.42. The summed E-state index contributed by atoms with van der Waals surface area (Å²) in [5, 5.41) is 7.79. The Bertz CT molecular complexity index is 522. The molecule has 102 valence electrons. The lowest BCUT2D eigenvalue weighted by atomic mass is 10.0. The summed E-state index contributed by atoms with van der Waals surface area (Å²) < 4.78 is 3.00. The summed E-state index contributed by atoms with van der Waals surface area (Å²) in [5.74, 6) is 0. The molecule has 1 aromatic carbocycles. The van der Waals surface area contributed by atoms with Crippen LogP contribution in [0.25, 0.3) is 0 Å². The smallest absolute Gasteiger partial charge is 0.0522 e. The first-order chi connectivity index (χ1) is 9.17. The Morgan fingerprint density at radius 1 is 1.32 bits per heavy atom. The monoisotopic (exact) mass is 321 g/mol. The van der Waals surface area contributed by atoms with Gasteiger partial charge in [-0.3, -0.25) is 4.68 Å². The molecule has 0 fully saturated rings. The van der Waals surface area contributed by atoms with Gasteiger partial charge in [-0.15, -0.1) is 0 Å². The van der Waals surface area contributed by atoms with Crippen LogP contribution in [-0.4, -0.2) is 22.4 Å². The normalized spacial score (nSPS) is 12.6. The molecule has 1 unspecified atom stereocenters. The minimum Gasteiger partial charge on any atom is -0.314 e. The Morgan fingerprint density at radius 3 is 2.74 bits per heavy atom. The first kappa shape index (κ1) is 14.3. The van der Waals surface area contributed by atoms with E-state index >= 15 is 0 Å². The second kappa shape index (κ2) is 6.87. The molecule has 1 N–H and O–H groups in total. The van der Waals surface area contributed by atoms with Crippen molar-refractivity contribution < 1.29 is 0 Å². The molecule has 1 aromatic heterocycles. The van der Waals surface area contributed by atoms with Gasteiger partial charge in [-0.2, -0.15) is 5.10 Å². The van der Waals surface area contributed by atoms with Gasteiger partial charge in [-0.05, 0) is 42.6 Å². The summed E-state index contributed by atoms with van der Waals surface area (Å²) >= 11 is 3.53. The highest BCUT2D eigenvalue weighted by Gasteiger charge is 2.10. The van der Waals surface area contributed by atoms with Crippen LogP contribution in [0.1, 0.15) is 18.1 Å². The van der Waals surface area contributed by atoms with E-state index in [4.69, 9.17) is 0 Å². The van der Waals surface area contributed by atoms with Gasteiger partial charge in [0.25, 0.3) is 0 Å². The van der Waals surface area contributed by atoms with Crippen LogP contribution in [0.4, 0.5) is 0 Å². The van der Waals surface area contributed by atoms with Gasteiger partial charge >= 0.3 is 0 Å². The van der Waals surface area contributed by atoms with Gasteiger partial charge in [-0.25, -0.2) is 0 Å². The van der Waals surface area contributed by atoms with Crippen molar-refractivity contribution >= 4 is 15.9 Å². The minimum atomic E-state index is 0.448. The highest BCUT2D eigenvalue weighted by molar-refractivity contribution is 9.10. The average molecular weight is 322 g/mol. The van der Waals surface area contributed by atoms with Gasteiger partial charge in [0.1, 0.15) is 0 Å². The standard InChI is InChI=1S/C15H20BrN3/c1-3-17-15(9-13-10-18-19(2)11-13)8-12-5-4-6-14(16)7-12/h4-7,10-11,15,17H,3,8-9H2,1-2H3. The van der Waals surface area contributed by atoms with Gasteiger partial charge in [-0.1, -0.05) is 35.0 Å². The van der Waals surface area contributed by atoms with Gasteiger partial charge < -0.3 is 5.32 Å². The minimum absolute atomic E-state index is 0.448. The molecule has 1 atom stereocenters. The predicted molar refractivity (Wildman–Crippen MR) is 82.2 cm³/mol. The van der Waals surface area contributed by atoms with Crippen LogP contribution in [0, 0.1) is 0 Å². The van der Waals surface area contributed by atoms with Crippen LogP contribution < -0.4 is 5.32 Å². The molecule has 0 bridgehead atoms. The topological polar surface area (TPSA) is 29.9 Å². The van der Waals surface area contributed by atoms with E-state index < -0.39 is 0 Å². The number of nitrogens with one attached hydrogen (secondary N) is 1. The molecular formula is C15H20BrN3. The van der Waals surface area contributed by atoms with Crippen LogP contribution in [0.5, 0.6) is 0 Å². The van der Waals surface area contributed by atoms with E-state index in [1.54, 1.807) is 0 Å². The average Bonchev–Trinajstić information content (AvgIpc) is 2.75. The largest absolute Gasteiger partial charge is 0.314 e. The molecule has 0 radical (unpaired) electrons. The summed E-state index contributed by atoms with van der Waals surface area (Å²) in [6.45, 7) is 3.14. The van der Waals surface area contributed by atoms with Crippen molar-refractivity contribution in [2.45, 2.75) is 25.8 Å². The van der Waals surface area contributed by atoms with Crippen LogP contribution in [0.3, 0.4) is 0 Å². The molecule has 19 heavy (non-hydrogen) atoms. The molecule has 0 spiro atoms. The van der Waals surface area contributed by atoms with Crippen molar-refractivity contribution in [3.05, 3.63) is 52.3 Å². The van der Waals surface area contributed by atoms with E-state index in [9.17, 15) is 0 Å². The lowest BCUT2D eigenvalue weighted by molar-refractivity contribution is 0.521. The Morgan fingerprint density at radius 2 is 2.11 bits per heavy atom. The second-order valence-electron chi connectivity index (χ2n) is 4.82.